The van der Waals surface area contributed by atoms with E-state index in [2.05, 4.69) is 5.32 Å². The fourth-order valence-electron chi connectivity index (χ4n) is 2.02. The molecule has 0 aliphatic heterocycles. The van der Waals surface area contributed by atoms with Crippen molar-refractivity contribution < 1.29 is 8.81 Å². The predicted molar refractivity (Wildman–Crippen MR) is 70.4 cm³/mol. The van der Waals surface area contributed by atoms with Gasteiger partial charge < -0.3 is 9.73 Å². The molecule has 18 heavy (non-hydrogen) atoms. The molecule has 1 aromatic carbocycles. The van der Waals surface area contributed by atoms with Crippen LogP contribution < -0.4 is 5.32 Å². The van der Waals surface area contributed by atoms with E-state index >= 15 is 0 Å². The number of aryl methyl sites for hydroxylation is 1. The molecule has 4 heteroatoms. The van der Waals surface area contributed by atoms with Crippen molar-refractivity contribution in [3.8, 4) is 0 Å². The van der Waals surface area contributed by atoms with Crippen LogP contribution in [0, 0.1) is 12.7 Å². The lowest BCUT2D eigenvalue weighted by molar-refractivity contribution is 0.513. The summed E-state index contributed by atoms with van der Waals surface area (Å²) in [6.45, 7) is 4.58. The molecular formula is C14H15ClFNO. The van der Waals surface area contributed by atoms with Gasteiger partial charge in [-0.15, -0.1) is 0 Å². The third kappa shape index (κ3) is 2.57. The van der Waals surface area contributed by atoms with Gasteiger partial charge in [-0.25, -0.2) is 4.39 Å². The monoisotopic (exact) mass is 267 g/mol. The molecule has 1 atom stereocenters. The van der Waals surface area contributed by atoms with E-state index in [1.807, 2.05) is 19.9 Å². The Morgan fingerprint density at radius 3 is 2.67 bits per heavy atom. The molecule has 2 nitrogen and oxygen atoms in total. The number of rotatable bonds is 4. The van der Waals surface area contributed by atoms with Crippen molar-refractivity contribution in [3.63, 3.8) is 0 Å². The quantitative estimate of drug-likeness (QED) is 0.903. The Kier molecular flexibility index (Phi) is 4.04. The van der Waals surface area contributed by atoms with Crippen molar-refractivity contribution in [2.45, 2.75) is 19.9 Å². The van der Waals surface area contributed by atoms with Crippen LogP contribution in [0.1, 0.15) is 29.9 Å². The zero-order chi connectivity index (χ0) is 13.1. The van der Waals surface area contributed by atoms with E-state index in [4.69, 9.17) is 16.0 Å². The first kappa shape index (κ1) is 13.1. The summed E-state index contributed by atoms with van der Waals surface area (Å²) in [6.07, 6.45) is 1.61. The number of hydrogen-bond acceptors (Lipinski definition) is 2. The maximum Gasteiger partial charge on any atom is 0.129 e. The summed E-state index contributed by atoms with van der Waals surface area (Å²) < 4.78 is 19.3. The van der Waals surface area contributed by atoms with Crippen molar-refractivity contribution in [2.75, 3.05) is 6.54 Å². The Hall–Kier alpha value is -1.32. The second kappa shape index (κ2) is 5.55. The summed E-state index contributed by atoms with van der Waals surface area (Å²) in [4.78, 5) is 0. The van der Waals surface area contributed by atoms with Crippen LogP contribution in [0.2, 0.25) is 5.02 Å². The molecule has 1 unspecified atom stereocenters. The van der Waals surface area contributed by atoms with Crippen LogP contribution in [0.15, 0.2) is 34.9 Å². The fourth-order valence-corrected chi connectivity index (χ4v) is 2.18. The largest absolute Gasteiger partial charge is 0.469 e. The van der Waals surface area contributed by atoms with Gasteiger partial charge in [-0.2, -0.15) is 0 Å². The molecule has 1 aromatic heterocycles. The van der Waals surface area contributed by atoms with Gasteiger partial charge in [-0.3, -0.25) is 0 Å². The molecule has 0 radical (unpaired) electrons. The van der Waals surface area contributed by atoms with Crippen LogP contribution in [0.4, 0.5) is 4.39 Å². The minimum Gasteiger partial charge on any atom is -0.469 e. The molecular weight excluding hydrogens is 253 g/mol. The molecule has 1 heterocycles. The summed E-state index contributed by atoms with van der Waals surface area (Å²) in [7, 11) is 0. The van der Waals surface area contributed by atoms with E-state index < -0.39 is 0 Å². The number of benzene rings is 1. The molecule has 0 fully saturated rings. The predicted octanol–water partition coefficient (Wildman–Crippen LogP) is 4.08. The molecule has 0 saturated heterocycles. The van der Waals surface area contributed by atoms with Crippen LogP contribution in [-0.2, 0) is 0 Å². The second-order valence-electron chi connectivity index (χ2n) is 4.09. The maximum absolute atomic E-state index is 14.0. The van der Waals surface area contributed by atoms with Gasteiger partial charge in [0, 0.05) is 16.1 Å². The molecule has 0 aliphatic carbocycles. The van der Waals surface area contributed by atoms with E-state index in [1.165, 1.54) is 6.07 Å². The van der Waals surface area contributed by atoms with Crippen LogP contribution in [0.25, 0.3) is 0 Å². The summed E-state index contributed by atoms with van der Waals surface area (Å²) in [6, 6.07) is 6.37. The standard InChI is InChI=1S/C14H15ClFNO/c1-3-17-14(11-6-7-18-9(11)2)12-5-4-10(15)8-13(12)16/h4-8,14,17H,3H2,1-2H3. The normalized spacial score (nSPS) is 12.7. The number of nitrogens with one attached hydrogen (secondary N) is 1. The smallest absolute Gasteiger partial charge is 0.129 e. The molecule has 0 saturated carbocycles. The highest BCUT2D eigenvalue weighted by Crippen LogP contribution is 2.28. The molecule has 1 N–H and O–H groups in total. The van der Waals surface area contributed by atoms with Crippen LogP contribution in [-0.4, -0.2) is 6.54 Å². The van der Waals surface area contributed by atoms with E-state index in [1.54, 1.807) is 18.4 Å². The Balaban J connectivity index is 2.45. The number of hydrogen-bond donors (Lipinski definition) is 1. The molecule has 0 amide bonds. The SMILES string of the molecule is CCNC(c1ccc(Cl)cc1F)c1ccoc1C. The minimum absolute atomic E-state index is 0.217. The molecule has 96 valence electrons. The Morgan fingerprint density at radius 2 is 2.11 bits per heavy atom. The van der Waals surface area contributed by atoms with Gasteiger partial charge in [0.2, 0.25) is 0 Å². The van der Waals surface area contributed by atoms with Crippen molar-refractivity contribution >= 4 is 11.6 Å². The van der Waals surface area contributed by atoms with Crippen LogP contribution >= 0.6 is 11.6 Å². The van der Waals surface area contributed by atoms with Crippen molar-refractivity contribution in [2.24, 2.45) is 0 Å². The van der Waals surface area contributed by atoms with Crippen molar-refractivity contribution in [3.05, 3.63) is 58.3 Å². The molecule has 0 bridgehead atoms. The summed E-state index contributed by atoms with van der Waals surface area (Å²) in [5, 5.41) is 3.66. The van der Waals surface area contributed by atoms with Gasteiger partial charge in [0.1, 0.15) is 11.6 Å². The summed E-state index contributed by atoms with van der Waals surface area (Å²) >= 11 is 5.78. The third-order valence-corrected chi connectivity index (χ3v) is 3.13. The maximum atomic E-state index is 14.0. The minimum atomic E-state index is -0.311. The fraction of sp³-hybridized carbons (Fsp3) is 0.286. The lowest BCUT2D eigenvalue weighted by Gasteiger charge is -2.18. The Labute approximate surface area is 111 Å². The van der Waals surface area contributed by atoms with E-state index in [9.17, 15) is 4.39 Å². The Morgan fingerprint density at radius 1 is 1.33 bits per heavy atom. The van der Waals surface area contributed by atoms with Crippen LogP contribution in [0.5, 0.6) is 0 Å². The van der Waals surface area contributed by atoms with Gasteiger partial charge in [-0.05, 0) is 31.7 Å². The van der Waals surface area contributed by atoms with Crippen molar-refractivity contribution in [1.29, 1.82) is 0 Å². The van der Waals surface area contributed by atoms with Gasteiger partial charge in [-0.1, -0.05) is 24.6 Å². The van der Waals surface area contributed by atoms with E-state index in [0.29, 0.717) is 10.6 Å². The lowest BCUT2D eigenvalue weighted by atomic mass is 9.98. The Bertz CT molecular complexity index is 538. The summed E-state index contributed by atoms with van der Waals surface area (Å²) in [5.41, 5.74) is 1.52. The van der Waals surface area contributed by atoms with Crippen molar-refractivity contribution in [1.82, 2.24) is 5.32 Å². The van der Waals surface area contributed by atoms with E-state index in [-0.39, 0.29) is 11.9 Å². The highest BCUT2D eigenvalue weighted by Gasteiger charge is 2.20. The highest BCUT2D eigenvalue weighted by molar-refractivity contribution is 6.30. The molecule has 2 aromatic rings. The molecule has 0 spiro atoms. The first-order chi connectivity index (χ1) is 8.63. The van der Waals surface area contributed by atoms with Crippen LogP contribution in [0.3, 0.4) is 0 Å². The zero-order valence-electron chi connectivity index (χ0n) is 10.3. The van der Waals surface area contributed by atoms with Gasteiger partial charge >= 0.3 is 0 Å². The number of furan rings is 1. The molecule has 2 rings (SSSR count). The lowest BCUT2D eigenvalue weighted by Crippen LogP contribution is -2.23. The summed E-state index contributed by atoms with van der Waals surface area (Å²) in [5.74, 6) is 0.476. The highest BCUT2D eigenvalue weighted by atomic mass is 35.5. The average Bonchev–Trinajstić information content (AvgIpc) is 2.73. The average molecular weight is 268 g/mol. The number of halogens is 2. The van der Waals surface area contributed by atoms with Gasteiger partial charge in [0.05, 0.1) is 12.3 Å². The van der Waals surface area contributed by atoms with E-state index in [0.717, 1.165) is 17.9 Å². The topological polar surface area (TPSA) is 25.2 Å². The third-order valence-electron chi connectivity index (χ3n) is 2.89. The first-order valence-electron chi connectivity index (χ1n) is 5.85. The van der Waals surface area contributed by atoms with Gasteiger partial charge in [0.25, 0.3) is 0 Å². The zero-order valence-corrected chi connectivity index (χ0v) is 11.1. The molecule has 0 aliphatic rings. The van der Waals surface area contributed by atoms with Gasteiger partial charge in [0.15, 0.2) is 0 Å². The second-order valence-corrected chi connectivity index (χ2v) is 4.53. The first-order valence-corrected chi connectivity index (χ1v) is 6.23.